The average molecular weight is 739 g/mol. The summed E-state index contributed by atoms with van der Waals surface area (Å²) >= 11 is 0. The standard InChI is InChI=1S/C46H50N4O5/c1-2-40(32-6-4-3-5-7-32)44(33-10-15-37(51)16-11-33)34-12-19-39(20-13-34)55-38-17-8-31(9-18-38)29-48-24-26-49(27-25-48)36-14-21-41-35(28-36)30-50(46(41)54)42-22-23-43(52)47-45(42)53/h3-7,10-16,19-21,28,31,38,42,51H,2,8-9,17-18,22-27,29-30H2,1H3,(H,47,52,53). The van der Waals surface area contributed by atoms with Gasteiger partial charge in [-0.3, -0.25) is 24.6 Å². The van der Waals surface area contributed by atoms with E-state index in [1.807, 2.05) is 30.3 Å². The Hall–Kier alpha value is -5.41. The number of rotatable bonds is 10. The first-order valence-electron chi connectivity index (χ1n) is 19.9. The molecule has 55 heavy (non-hydrogen) atoms. The maximum absolute atomic E-state index is 13.1. The highest BCUT2D eigenvalue weighted by atomic mass is 16.5. The molecule has 3 fully saturated rings. The second-order valence-electron chi connectivity index (χ2n) is 15.4. The van der Waals surface area contributed by atoms with Gasteiger partial charge in [0.2, 0.25) is 11.8 Å². The number of phenols is 1. The van der Waals surface area contributed by atoms with Crippen molar-refractivity contribution in [3.63, 3.8) is 0 Å². The molecule has 0 spiro atoms. The first-order chi connectivity index (χ1) is 26.8. The van der Waals surface area contributed by atoms with E-state index in [1.54, 1.807) is 17.0 Å². The first kappa shape index (κ1) is 36.6. The number of piperidine rings is 1. The summed E-state index contributed by atoms with van der Waals surface area (Å²) in [6.45, 7) is 7.60. The predicted molar refractivity (Wildman–Crippen MR) is 215 cm³/mol. The number of carbonyl (C=O) groups excluding carboxylic acids is 3. The van der Waals surface area contributed by atoms with Crippen molar-refractivity contribution in [1.29, 1.82) is 0 Å². The number of phenolic OH excluding ortho intramolecular Hbond substituents is 1. The minimum Gasteiger partial charge on any atom is -0.508 e. The summed E-state index contributed by atoms with van der Waals surface area (Å²) in [5.41, 5.74) is 8.57. The molecule has 3 amide bonds. The summed E-state index contributed by atoms with van der Waals surface area (Å²) in [4.78, 5) is 43.8. The van der Waals surface area contributed by atoms with E-state index in [9.17, 15) is 19.5 Å². The first-order valence-corrected chi connectivity index (χ1v) is 19.9. The van der Waals surface area contributed by atoms with Crippen LogP contribution >= 0.6 is 0 Å². The summed E-state index contributed by atoms with van der Waals surface area (Å²) in [5.74, 6) is 1.06. The smallest absolute Gasteiger partial charge is 0.255 e. The molecular weight excluding hydrogens is 689 g/mol. The number of hydrogen-bond donors (Lipinski definition) is 2. The van der Waals surface area contributed by atoms with Gasteiger partial charge >= 0.3 is 0 Å². The molecule has 9 nitrogen and oxygen atoms in total. The Balaban J connectivity index is 0.824. The fraction of sp³-hybridized carbons (Fsp3) is 0.370. The lowest BCUT2D eigenvalue weighted by atomic mass is 9.86. The second kappa shape index (κ2) is 16.1. The van der Waals surface area contributed by atoms with Gasteiger partial charge < -0.3 is 19.6 Å². The highest BCUT2D eigenvalue weighted by Crippen LogP contribution is 2.37. The molecule has 3 heterocycles. The summed E-state index contributed by atoms with van der Waals surface area (Å²) in [6, 6.07) is 32.0. The molecule has 9 heteroatoms. The minimum atomic E-state index is -0.591. The molecule has 8 rings (SSSR count). The number of amides is 3. The van der Waals surface area contributed by atoms with Crippen molar-refractivity contribution in [2.45, 2.75) is 70.6 Å². The van der Waals surface area contributed by atoms with Crippen LogP contribution in [0.2, 0.25) is 0 Å². The predicted octanol–water partition coefficient (Wildman–Crippen LogP) is 7.28. The van der Waals surface area contributed by atoms with Gasteiger partial charge in [-0.2, -0.15) is 0 Å². The van der Waals surface area contributed by atoms with Gasteiger partial charge in [0, 0.05) is 56.9 Å². The van der Waals surface area contributed by atoms with E-state index in [2.05, 4.69) is 76.6 Å². The van der Waals surface area contributed by atoms with Crippen LogP contribution < -0.4 is 15.0 Å². The van der Waals surface area contributed by atoms with Crippen LogP contribution in [0.25, 0.3) is 11.1 Å². The Morgan fingerprint density at radius 3 is 2.15 bits per heavy atom. The lowest BCUT2D eigenvalue weighted by Crippen LogP contribution is -2.52. The highest BCUT2D eigenvalue weighted by molar-refractivity contribution is 6.05. The van der Waals surface area contributed by atoms with Gasteiger partial charge in [0.05, 0.1) is 6.10 Å². The zero-order valence-electron chi connectivity index (χ0n) is 31.6. The van der Waals surface area contributed by atoms with Crippen LogP contribution in [0, 0.1) is 5.92 Å². The normalized spacial score (nSPS) is 22.3. The molecule has 4 aliphatic rings. The molecule has 2 N–H and O–H groups in total. The SMILES string of the molecule is CCC(=C(c1ccc(O)cc1)c1ccc(OC2CCC(CN3CCN(c4ccc5c(c4)CN(C4CCC(=O)NC4=O)C5=O)CC3)CC2)cc1)c1ccccc1. The van der Waals surface area contributed by atoms with Gasteiger partial charge in [-0.1, -0.05) is 61.5 Å². The Labute approximate surface area is 323 Å². The Morgan fingerprint density at radius 2 is 1.47 bits per heavy atom. The third-order valence-electron chi connectivity index (χ3n) is 11.9. The van der Waals surface area contributed by atoms with E-state index >= 15 is 0 Å². The number of allylic oxidation sites excluding steroid dienone is 1. The number of benzene rings is 4. The zero-order valence-corrected chi connectivity index (χ0v) is 31.6. The quantitative estimate of drug-likeness (QED) is 0.130. The number of hydrogen-bond acceptors (Lipinski definition) is 7. The van der Waals surface area contributed by atoms with Crippen LogP contribution in [0.15, 0.2) is 97.1 Å². The summed E-state index contributed by atoms with van der Waals surface area (Å²) in [7, 11) is 0. The van der Waals surface area contributed by atoms with Crippen LogP contribution in [-0.4, -0.2) is 77.5 Å². The molecule has 3 aliphatic heterocycles. The molecule has 0 aromatic heterocycles. The number of fused-ring (bicyclic) bond motifs is 1. The molecule has 0 bridgehead atoms. The monoisotopic (exact) mass is 738 g/mol. The van der Waals surface area contributed by atoms with Crippen molar-refractivity contribution >= 4 is 34.6 Å². The Morgan fingerprint density at radius 1 is 0.782 bits per heavy atom. The number of aromatic hydroxyl groups is 1. The van der Waals surface area contributed by atoms with E-state index in [0.29, 0.717) is 24.4 Å². The fourth-order valence-electron chi connectivity index (χ4n) is 8.94. The highest BCUT2D eigenvalue weighted by Gasteiger charge is 2.39. The van der Waals surface area contributed by atoms with Crippen molar-refractivity contribution in [2.24, 2.45) is 5.92 Å². The van der Waals surface area contributed by atoms with Gasteiger partial charge in [-0.05, 0) is 120 Å². The van der Waals surface area contributed by atoms with Gasteiger partial charge in [0.15, 0.2) is 0 Å². The largest absolute Gasteiger partial charge is 0.508 e. The zero-order chi connectivity index (χ0) is 37.9. The Bertz CT molecular complexity index is 2050. The second-order valence-corrected chi connectivity index (χ2v) is 15.4. The Kier molecular flexibility index (Phi) is 10.7. The van der Waals surface area contributed by atoms with Crippen LogP contribution in [0.5, 0.6) is 11.5 Å². The van der Waals surface area contributed by atoms with E-state index < -0.39 is 6.04 Å². The van der Waals surface area contributed by atoms with Crippen molar-refractivity contribution in [3.8, 4) is 11.5 Å². The fourth-order valence-corrected chi connectivity index (χ4v) is 8.94. The molecule has 1 atom stereocenters. The number of imide groups is 1. The van der Waals surface area contributed by atoms with Crippen molar-refractivity contribution in [1.82, 2.24) is 15.1 Å². The molecule has 0 radical (unpaired) electrons. The molecular formula is C46H50N4O5. The van der Waals surface area contributed by atoms with Gasteiger partial charge in [0.1, 0.15) is 17.5 Å². The number of anilines is 1. The number of carbonyl (C=O) groups is 3. The summed E-state index contributed by atoms with van der Waals surface area (Å²) < 4.78 is 6.55. The third kappa shape index (κ3) is 8.03. The van der Waals surface area contributed by atoms with Crippen LogP contribution in [-0.2, 0) is 16.1 Å². The van der Waals surface area contributed by atoms with E-state index in [1.165, 1.54) is 16.7 Å². The van der Waals surface area contributed by atoms with Gasteiger partial charge in [-0.25, -0.2) is 0 Å². The van der Waals surface area contributed by atoms with Crippen LogP contribution in [0.3, 0.4) is 0 Å². The van der Waals surface area contributed by atoms with Crippen molar-refractivity contribution in [3.05, 3.63) is 125 Å². The number of nitrogens with zero attached hydrogens (tertiary/aromatic N) is 3. The maximum atomic E-state index is 13.1. The molecule has 4 aromatic carbocycles. The lowest BCUT2D eigenvalue weighted by Gasteiger charge is -2.39. The maximum Gasteiger partial charge on any atom is 0.255 e. The van der Waals surface area contributed by atoms with Crippen LogP contribution in [0.1, 0.15) is 84.5 Å². The number of nitrogens with one attached hydrogen (secondary N) is 1. The van der Waals surface area contributed by atoms with Crippen LogP contribution in [0.4, 0.5) is 5.69 Å². The summed E-state index contributed by atoms with van der Waals surface area (Å²) in [5, 5.41) is 12.4. The van der Waals surface area contributed by atoms with Crippen molar-refractivity contribution < 1.29 is 24.2 Å². The van der Waals surface area contributed by atoms with E-state index in [0.717, 1.165) is 93.0 Å². The molecule has 1 unspecified atom stereocenters. The molecule has 1 saturated carbocycles. The van der Waals surface area contributed by atoms with Gasteiger partial charge in [0.25, 0.3) is 5.91 Å². The lowest BCUT2D eigenvalue weighted by molar-refractivity contribution is -0.136. The average Bonchev–Trinajstić information content (AvgIpc) is 3.54. The van der Waals surface area contributed by atoms with E-state index in [-0.39, 0.29) is 36.0 Å². The molecule has 2 saturated heterocycles. The topological polar surface area (TPSA) is 102 Å². The number of piperazine rings is 1. The third-order valence-corrected chi connectivity index (χ3v) is 11.9. The molecule has 1 aliphatic carbocycles. The van der Waals surface area contributed by atoms with E-state index in [4.69, 9.17) is 4.74 Å². The van der Waals surface area contributed by atoms with Crippen molar-refractivity contribution in [2.75, 3.05) is 37.6 Å². The molecule has 4 aromatic rings. The number of ether oxygens (including phenoxy) is 1. The van der Waals surface area contributed by atoms with Gasteiger partial charge in [-0.15, -0.1) is 0 Å². The minimum absolute atomic E-state index is 0.128. The summed E-state index contributed by atoms with van der Waals surface area (Å²) in [6.07, 6.45) is 6.18. The molecule has 284 valence electrons.